The Morgan fingerprint density at radius 1 is 1.20 bits per heavy atom. The van der Waals surface area contributed by atoms with E-state index in [0.29, 0.717) is 5.95 Å². The molecule has 2 heterocycles. The standard InChI is InChI=1S/C18H24FN5O/c1-3-20-18-21-7-6-17(22-18)24-10-8-23(9-11-24)13-14-4-5-16(25-2)15(19)12-14/h4-7,12H,3,8-11,13H2,1-2H3,(H,20,21,22). The van der Waals surface area contributed by atoms with Crippen molar-refractivity contribution in [1.29, 1.82) is 0 Å². The monoisotopic (exact) mass is 345 g/mol. The average molecular weight is 345 g/mol. The predicted molar refractivity (Wildman–Crippen MR) is 96.6 cm³/mol. The number of nitrogens with zero attached hydrogens (tertiary/aromatic N) is 4. The molecule has 0 spiro atoms. The van der Waals surface area contributed by atoms with Crippen LogP contribution in [0, 0.1) is 5.82 Å². The van der Waals surface area contributed by atoms with E-state index >= 15 is 0 Å². The average Bonchev–Trinajstić information content (AvgIpc) is 2.63. The molecule has 0 unspecified atom stereocenters. The maximum absolute atomic E-state index is 13.8. The number of piperazine rings is 1. The Hall–Kier alpha value is -2.41. The number of nitrogens with one attached hydrogen (secondary N) is 1. The van der Waals surface area contributed by atoms with Crippen molar-refractivity contribution < 1.29 is 9.13 Å². The summed E-state index contributed by atoms with van der Waals surface area (Å²) in [6, 6.07) is 7.10. The van der Waals surface area contributed by atoms with Crippen molar-refractivity contribution in [2.45, 2.75) is 13.5 Å². The Balaban J connectivity index is 1.56. The van der Waals surface area contributed by atoms with E-state index in [1.54, 1.807) is 18.3 Å². The van der Waals surface area contributed by atoms with Crippen LogP contribution in [0.1, 0.15) is 12.5 Å². The molecule has 1 aliphatic heterocycles. The first kappa shape index (κ1) is 17.4. The third-order valence-corrected chi connectivity index (χ3v) is 4.29. The largest absolute Gasteiger partial charge is 0.494 e. The summed E-state index contributed by atoms with van der Waals surface area (Å²) < 4.78 is 18.8. The first-order valence-corrected chi connectivity index (χ1v) is 8.56. The molecule has 1 fully saturated rings. The van der Waals surface area contributed by atoms with E-state index in [4.69, 9.17) is 4.74 Å². The number of benzene rings is 1. The van der Waals surface area contributed by atoms with Gasteiger partial charge in [-0.05, 0) is 30.7 Å². The van der Waals surface area contributed by atoms with Gasteiger partial charge in [0.25, 0.3) is 0 Å². The Kier molecular flexibility index (Phi) is 5.65. The molecule has 0 bridgehead atoms. The fraction of sp³-hybridized carbons (Fsp3) is 0.444. The number of ether oxygens (including phenoxy) is 1. The van der Waals surface area contributed by atoms with E-state index in [-0.39, 0.29) is 11.6 Å². The molecule has 1 aromatic carbocycles. The number of aromatic nitrogens is 2. The van der Waals surface area contributed by atoms with Crippen molar-refractivity contribution in [2.24, 2.45) is 0 Å². The summed E-state index contributed by atoms with van der Waals surface area (Å²) in [5.74, 6) is 1.58. The predicted octanol–water partition coefficient (Wildman–Crippen LogP) is 2.38. The molecular weight excluding hydrogens is 321 g/mol. The molecule has 2 aromatic rings. The van der Waals surface area contributed by atoms with Crippen LogP contribution in [0.4, 0.5) is 16.2 Å². The van der Waals surface area contributed by atoms with Crippen LogP contribution in [0.2, 0.25) is 0 Å². The molecule has 3 rings (SSSR count). The zero-order valence-electron chi connectivity index (χ0n) is 14.7. The second kappa shape index (κ2) is 8.11. The van der Waals surface area contributed by atoms with Crippen LogP contribution < -0.4 is 15.0 Å². The lowest BCUT2D eigenvalue weighted by Crippen LogP contribution is -2.46. The van der Waals surface area contributed by atoms with E-state index in [1.807, 2.05) is 19.1 Å². The molecule has 1 aromatic heterocycles. The summed E-state index contributed by atoms with van der Waals surface area (Å²) in [5.41, 5.74) is 0.961. The van der Waals surface area contributed by atoms with Gasteiger partial charge in [0.05, 0.1) is 7.11 Å². The van der Waals surface area contributed by atoms with E-state index in [1.165, 1.54) is 7.11 Å². The van der Waals surface area contributed by atoms with Crippen molar-refractivity contribution in [2.75, 3.05) is 50.1 Å². The lowest BCUT2D eigenvalue weighted by molar-refractivity contribution is 0.249. The Bertz CT molecular complexity index is 704. The molecule has 1 aliphatic rings. The molecule has 0 radical (unpaired) electrons. The summed E-state index contributed by atoms with van der Waals surface area (Å²) in [4.78, 5) is 13.3. The fourth-order valence-electron chi connectivity index (χ4n) is 2.97. The molecule has 0 atom stereocenters. The van der Waals surface area contributed by atoms with Crippen molar-refractivity contribution >= 4 is 11.8 Å². The van der Waals surface area contributed by atoms with Gasteiger partial charge >= 0.3 is 0 Å². The number of anilines is 2. The lowest BCUT2D eigenvalue weighted by Gasteiger charge is -2.35. The first-order chi connectivity index (χ1) is 12.2. The highest BCUT2D eigenvalue weighted by atomic mass is 19.1. The second-order valence-corrected chi connectivity index (χ2v) is 6.00. The lowest BCUT2D eigenvalue weighted by atomic mass is 10.2. The summed E-state index contributed by atoms with van der Waals surface area (Å²) in [6.07, 6.45) is 1.78. The smallest absolute Gasteiger partial charge is 0.224 e. The molecule has 134 valence electrons. The summed E-state index contributed by atoms with van der Waals surface area (Å²) in [5, 5.41) is 3.14. The third kappa shape index (κ3) is 4.36. The molecule has 0 saturated carbocycles. The molecular formula is C18H24FN5O. The Morgan fingerprint density at radius 3 is 2.68 bits per heavy atom. The van der Waals surface area contributed by atoms with Crippen molar-refractivity contribution in [1.82, 2.24) is 14.9 Å². The normalized spacial score (nSPS) is 15.2. The van der Waals surface area contributed by atoms with E-state index in [2.05, 4.69) is 25.1 Å². The quantitative estimate of drug-likeness (QED) is 0.868. The van der Waals surface area contributed by atoms with Crippen LogP contribution in [0.15, 0.2) is 30.5 Å². The number of hydrogen-bond acceptors (Lipinski definition) is 6. The van der Waals surface area contributed by atoms with E-state index < -0.39 is 0 Å². The molecule has 25 heavy (non-hydrogen) atoms. The highest BCUT2D eigenvalue weighted by Gasteiger charge is 2.19. The van der Waals surface area contributed by atoms with Gasteiger partial charge in [0.15, 0.2) is 11.6 Å². The third-order valence-electron chi connectivity index (χ3n) is 4.29. The summed E-state index contributed by atoms with van der Waals surface area (Å²) in [6.45, 7) is 7.17. The minimum Gasteiger partial charge on any atom is -0.494 e. The zero-order valence-corrected chi connectivity index (χ0v) is 14.7. The zero-order chi connectivity index (χ0) is 17.6. The van der Waals surface area contributed by atoms with Crippen LogP contribution >= 0.6 is 0 Å². The van der Waals surface area contributed by atoms with Gasteiger partial charge < -0.3 is 15.0 Å². The second-order valence-electron chi connectivity index (χ2n) is 6.00. The highest BCUT2D eigenvalue weighted by molar-refractivity contribution is 5.43. The molecule has 0 amide bonds. The van der Waals surface area contributed by atoms with Gasteiger partial charge in [0.1, 0.15) is 5.82 Å². The van der Waals surface area contributed by atoms with Gasteiger partial charge in [-0.3, -0.25) is 4.90 Å². The first-order valence-electron chi connectivity index (χ1n) is 8.56. The van der Waals surface area contributed by atoms with Gasteiger partial charge in [-0.15, -0.1) is 0 Å². The molecule has 0 aliphatic carbocycles. The van der Waals surface area contributed by atoms with Gasteiger partial charge in [-0.1, -0.05) is 6.07 Å². The Morgan fingerprint density at radius 2 is 2.00 bits per heavy atom. The van der Waals surface area contributed by atoms with Gasteiger partial charge in [-0.2, -0.15) is 4.98 Å². The molecule has 1 saturated heterocycles. The maximum atomic E-state index is 13.8. The SMILES string of the molecule is CCNc1nccc(N2CCN(Cc3ccc(OC)c(F)c3)CC2)n1. The number of methoxy groups -OCH3 is 1. The van der Waals surface area contributed by atoms with Gasteiger partial charge in [-0.25, -0.2) is 9.37 Å². The van der Waals surface area contributed by atoms with Gasteiger partial charge in [0.2, 0.25) is 5.95 Å². The van der Waals surface area contributed by atoms with Crippen LogP contribution in [-0.2, 0) is 6.54 Å². The summed E-state index contributed by atoms with van der Waals surface area (Å²) in [7, 11) is 1.48. The van der Waals surface area contributed by atoms with E-state index in [9.17, 15) is 4.39 Å². The van der Waals surface area contributed by atoms with Crippen molar-refractivity contribution in [3.05, 3.63) is 41.8 Å². The molecule has 7 heteroatoms. The maximum Gasteiger partial charge on any atom is 0.224 e. The minimum atomic E-state index is -0.310. The van der Waals surface area contributed by atoms with Crippen LogP contribution in [0.25, 0.3) is 0 Å². The Labute approximate surface area is 147 Å². The van der Waals surface area contributed by atoms with Crippen LogP contribution in [0.5, 0.6) is 5.75 Å². The number of halogens is 1. The fourth-order valence-corrected chi connectivity index (χ4v) is 2.97. The van der Waals surface area contributed by atoms with Crippen LogP contribution in [-0.4, -0.2) is 54.7 Å². The van der Waals surface area contributed by atoms with Crippen molar-refractivity contribution in [3.8, 4) is 5.75 Å². The highest BCUT2D eigenvalue weighted by Crippen LogP contribution is 2.20. The minimum absolute atomic E-state index is 0.286. The topological polar surface area (TPSA) is 53.5 Å². The summed E-state index contributed by atoms with van der Waals surface area (Å²) >= 11 is 0. The van der Waals surface area contributed by atoms with E-state index in [0.717, 1.165) is 50.6 Å². The molecule has 1 N–H and O–H groups in total. The van der Waals surface area contributed by atoms with Crippen molar-refractivity contribution in [3.63, 3.8) is 0 Å². The number of rotatable bonds is 6. The number of hydrogen-bond donors (Lipinski definition) is 1. The molecule has 6 nitrogen and oxygen atoms in total. The van der Waals surface area contributed by atoms with Gasteiger partial charge in [0, 0.05) is 45.5 Å². The van der Waals surface area contributed by atoms with Crippen LogP contribution in [0.3, 0.4) is 0 Å².